The van der Waals surface area contributed by atoms with Gasteiger partial charge in [-0.25, -0.2) is 8.78 Å². The van der Waals surface area contributed by atoms with Crippen molar-refractivity contribution in [3.63, 3.8) is 0 Å². The molecule has 1 aromatic rings. The number of piperazine rings is 1. The first-order valence-electron chi connectivity index (χ1n) is 7.02. The molecule has 1 aliphatic rings. The van der Waals surface area contributed by atoms with Crippen LogP contribution in [0.15, 0.2) is 12.1 Å². The fourth-order valence-corrected chi connectivity index (χ4v) is 2.82. The van der Waals surface area contributed by atoms with Gasteiger partial charge in [-0.15, -0.1) is 11.6 Å². The molecule has 2 nitrogen and oxygen atoms in total. The Labute approximate surface area is 124 Å². The first kappa shape index (κ1) is 15.5. The standard InChI is InChI=1S/C15H21ClF2N2/c1-11(2)10-19-3-5-20(6-4-19)15-13(17)7-12(9-16)8-14(15)18/h7-8,11H,3-6,9-10H2,1-2H3. The molecule has 2 rings (SSSR count). The summed E-state index contributed by atoms with van der Waals surface area (Å²) in [5, 5.41) is 0. The quantitative estimate of drug-likeness (QED) is 0.786. The van der Waals surface area contributed by atoms with Crippen molar-refractivity contribution in [1.29, 1.82) is 0 Å². The van der Waals surface area contributed by atoms with E-state index < -0.39 is 11.6 Å². The molecule has 1 aromatic carbocycles. The van der Waals surface area contributed by atoms with E-state index in [2.05, 4.69) is 18.7 Å². The van der Waals surface area contributed by atoms with Crippen LogP contribution in [0.3, 0.4) is 0 Å². The van der Waals surface area contributed by atoms with Gasteiger partial charge in [-0.2, -0.15) is 0 Å². The highest BCUT2D eigenvalue weighted by Crippen LogP contribution is 2.26. The molecule has 0 N–H and O–H groups in total. The van der Waals surface area contributed by atoms with Crippen molar-refractivity contribution in [2.75, 3.05) is 37.6 Å². The second-order valence-electron chi connectivity index (χ2n) is 5.72. The minimum Gasteiger partial charge on any atom is -0.364 e. The highest BCUT2D eigenvalue weighted by Gasteiger charge is 2.23. The molecule has 0 unspecified atom stereocenters. The first-order valence-corrected chi connectivity index (χ1v) is 7.56. The van der Waals surface area contributed by atoms with E-state index in [1.54, 1.807) is 4.90 Å². The molecule has 1 saturated heterocycles. The topological polar surface area (TPSA) is 6.48 Å². The number of hydrogen-bond acceptors (Lipinski definition) is 2. The lowest BCUT2D eigenvalue weighted by Gasteiger charge is -2.37. The molecule has 5 heteroatoms. The molecule has 20 heavy (non-hydrogen) atoms. The summed E-state index contributed by atoms with van der Waals surface area (Å²) in [4.78, 5) is 4.13. The highest BCUT2D eigenvalue weighted by atomic mass is 35.5. The van der Waals surface area contributed by atoms with Crippen molar-refractivity contribution in [1.82, 2.24) is 4.90 Å². The Balaban J connectivity index is 2.07. The zero-order valence-electron chi connectivity index (χ0n) is 12.0. The van der Waals surface area contributed by atoms with Crippen LogP contribution >= 0.6 is 11.6 Å². The molecule has 1 aliphatic heterocycles. The number of rotatable bonds is 4. The van der Waals surface area contributed by atoms with E-state index in [0.29, 0.717) is 24.6 Å². The van der Waals surface area contributed by atoms with Gasteiger partial charge in [0, 0.05) is 38.6 Å². The molecule has 0 aromatic heterocycles. The molecule has 0 amide bonds. The summed E-state index contributed by atoms with van der Waals surface area (Å²) in [5.74, 6) is -0.301. The van der Waals surface area contributed by atoms with Crippen LogP contribution in [0, 0.1) is 17.6 Å². The van der Waals surface area contributed by atoms with E-state index in [1.165, 1.54) is 12.1 Å². The predicted molar refractivity (Wildman–Crippen MR) is 79.4 cm³/mol. The van der Waals surface area contributed by atoms with Gasteiger partial charge in [0.05, 0.1) is 0 Å². The maximum absolute atomic E-state index is 14.0. The van der Waals surface area contributed by atoms with Gasteiger partial charge in [0.25, 0.3) is 0 Å². The zero-order chi connectivity index (χ0) is 14.7. The van der Waals surface area contributed by atoms with Gasteiger partial charge in [0.2, 0.25) is 0 Å². The Hall–Kier alpha value is -0.870. The maximum atomic E-state index is 14.0. The highest BCUT2D eigenvalue weighted by molar-refractivity contribution is 6.17. The van der Waals surface area contributed by atoms with Crippen molar-refractivity contribution >= 4 is 17.3 Å². The molecule has 0 spiro atoms. The second-order valence-corrected chi connectivity index (χ2v) is 5.99. The van der Waals surface area contributed by atoms with Crippen LogP contribution in [0.4, 0.5) is 14.5 Å². The van der Waals surface area contributed by atoms with Gasteiger partial charge in [0.15, 0.2) is 0 Å². The lowest BCUT2D eigenvalue weighted by Crippen LogP contribution is -2.48. The Kier molecular flexibility index (Phi) is 5.22. The number of hydrogen-bond donors (Lipinski definition) is 0. The van der Waals surface area contributed by atoms with Crippen molar-refractivity contribution in [2.45, 2.75) is 19.7 Å². The van der Waals surface area contributed by atoms with E-state index in [4.69, 9.17) is 11.6 Å². The Morgan fingerprint density at radius 1 is 1.10 bits per heavy atom. The summed E-state index contributed by atoms with van der Waals surface area (Å²) >= 11 is 5.62. The minimum atomic E-state index is -0.516. The van der Waals surface area contributed by atoms with E-state index >= 15 is 0 Å². The molecule has 0 saturated carbocycles. The molecule has 0 bridgehead atoms. The molecular formula is C15H21ClF2N2. The average Bonchev–Trinajstić information content (AvgIpc) is 2.39. The van der Waals surface area contributed by atoms with Crippen LogP contribution in [-0.4, -0.2) is 37.6 Å². The molecule has 0 radical (unpaired) electrons. The van der Waals surface area contributed by atoms with Crippen molar-refractivity contribution < 1.29 is 8.78 Å². The van der Waals surface area contributed by atoms with Crippen molar-refractivity contribution in [3.8, 4) is 0 Å². The fraction of sp³-hybridized carbons (Fsp3) is 0.600. The number of halogens is 3. The van der Waals surface area contributed by atoms with Crippen LogP contribution in [0.5, 0.6) is 0 Å². The van der Waals surface area contributed by atoms with Gasteiger partial charge in [-0.05, 0) is 23.6 Å². The van der Waals surface area contributed by atoms with E-state index in [-0.39, 0.29) is 11.6 Å². The monoisotopic (exact) mass is 302 g/mol. The number of anilines is 1. The number of nitrogens with zero attached hydrogens (tertiary/aromatic N) is 2. The van der Waals surface area contributed by atoms with E-state index in [0.717, 1.165) is 19.6 Å². The van der Waals surface area contributed by atoms with Gasteiger partial charge in [-0.3, -0.25) is 4.90 Å². The smallest absolute Gasteiger partial charge is 0.149 e. The first-order chi connectivity index (χ1) is 9.51. The lowest BCUT2D eigenvalue weighted by atomic mass is 10.1. The summed E-state index contributed by atoms with van der Waals surface area (Å²) in [5.41, 5.74) is 0.562. The molecular weight excluding hydrogens is 282 g/mol. The van der Waals surface area contributed by atoms with Crippen molar-refractivity contribution in [3.05, 3.63) is 29.3 Å². The van der Waals surface area contributed by atoms with E-state index in [1.807, 2.05) is 0 Å². The van der Waals surface area contributed by atoms with Crippen LogP contribution in [0.1, 0.15) is 19.4 Å². The van der Waals surface area contributed by atoms with Crippen LogP contribution < -0.4 is 4.90 Å². The Morgan fingerprint density at radius 2 is 1.65 bits per heavy atom. The normalized spacial score (nSPS) is 17.0. The van der Waals surface area contributed by atoms with Gasteiger partial charge in [-0.1, -0.05) is 13.8 Å². The average molecular weight is 303 g/mol. The molecule has 0 atom stereocenters. The largest absolute Gasteiger partial charge is 0.364 e. The number of alkyl halides is 1. The van der Waals surface area contributed by atoms with Crippen LogP contribution in [0.2, 0.25) is 0 Å². The van der Waals surface area contributed by atoms with Crippen molar-refractivity contribution in [2.24, 2.45) is 5.92 Å². The fourth-order valence-electron chi connectivity index (χ4n) is 2.67. The Bertz CT molecular complexity index is 434. The van der Waals surface area contributed by atoms with Gasteiger partial charge in [0.1, 0.15) is 17.3 Å². The minimum absolute atomic E-state index is 0.0862. The molecule has 1 heterocycles. The summed E-state index contributed by atoms with van der Waals surface area (Å²) in [6.45, 7) is 8.38. The van der Waals surface area contributed by atoms with Gasteiger partial charge >= 0.3 is 0 Å². The Morgan fingerprint density at radius 3 is 2.10 bits per heavy atom. The second kappa shape index (κ2) is 6.72. The third-order valence-electron chi connectivity index (χ3n) is 3.54. The van der Waals surface area contributed by atoms with Crippen LogP contribution in [-0.2, 0) is 5.88 Å². The molecule has 0 aliphatic carbocycles. The van der Waals surface area contributed by atoms with E-state index in [9.17, 15) is 8.78 Å². The molecule has 1 fully saturated rings. The summed E-state index contributed by atoms with van der Waals surface area (Å²) in [6, 6.07) is 2.65. The zero-order valence-corrected chi connectivity index (χ0v) is 12.8. The SMILES string of the molecule is CC(C)CN1CCN(c2c(F)cc(CCl)cc2F)CC1. The summed E-state index contributed by atoms with van der Waals surface area (Å²) < 4.78 is 28.1. The third kappa shape index (κ3) is 3.61. The van der Waals surface area contributed by atoms with Crippen LogP contribution in [0.25, 0.3) is 0 Å². The summed E-state index contributed by atoms with van der Waals surface area (Å²) in [7, 11) is 0. The molecule has 112 valence electrons. The summed E-state index contributed by atoms with van der Waals surface area (Å²) in [6.07, 6.45) is 0. The van der Waals surface area contributed by atoms with Gasteiger partial charge < -0.3 is 4.90 Å². The predicted octanol–water partition coefficient (Wildman–Crippen LogP) is 3.48. The lowest BCUT2D eigenvalue weighted by molar-refractivity contribution is 0.230. The third-order valence-corrected chi connectivity index (χ3v) is 3.85. The maximum Gasteiger partial charge on any atom is 0.149 e. The number of benzene rings is 1.